The lowest BCUT2D eigenvalue weighted by atomic mass is 10.0. The monoisotopic (exact) mass is 384 g/mol. The van der Waals surface area contributed by atoms with Gasteiger partial charge in [0.05, 0.1) is 0 Å². The molecule has 1 aliphatic rings. The highest BCUT2D eigenvalue weighted by Crippen LogP contribution is 2.19. The molecule has 1 aromatic heterocycles. The summed E-state index contributed by atoms with van der Waals surface area (Å²) in [6, 6.07) is 9.43. The summed E-state index contributed by atoms with van der Waals surface area (Å²) in [6.45, 7) is 6.05. The molecule has 3 rings (SSSR count). The second-order valence-corrected chi connectivity index (χ2v) is 8.19. The number of carbonyl (C=O) groups is 2. The zero-order chi connectivity index (χ0) is 20.1. The van der Waals surface area contributed by atoms with Crippen molar-refractivity contribution in [3.63, 3.8) is 0 Å². The molecule has 2 aromatic rings. The Labute approximate surface area is 167 Å². The van der Waals surface area contributed by atoms with Gasteiger partial charge in [0.2, 0.25) is 5.91 Å². The molecule has 0 aliphatic carbocycles. The van der Waals surface area contributed by atoms with Crippen LogP contribution < -0.4 is 16.0 Å². The fourth-order valence-electron chi connectivity index (χ4n) is 3.91. The van der Waals surface area contributed by atoms with Crippen molar-refractivity contribution >= 4 is 22.7 Å². The molecule has 1 aliphatic heterocycles. The average Bonchev–Trinajstić information content (AvgIpc) is 2.82. The highest BCUT2D eigenvalue weighted by molar-refractivity contribution is 6.00. The summed E-state index contributed by atoms with van der Waals surface area (Å²) < 4.78 is 1.88. The molecule has 2 atom stereocenters. The van der Waals surface area contributed by atoms with Crippen LogP contribution in [-0.4, -0.2) is 41.6 Å². The van der Waals surface area contributed by atoms with E-state index in [1.54, 1.807) is 0 Å². The molecule has 0 bridgehead atoms. The molecular formula is C22H32N4O2. The highest BCUT2D eigenvalue weighted by Gasteiger charge is 2.26. The van der Waals surface area contributed by atoms with E-state index >= 15 is 0 Å². The summed E-state index contributed by atoms with van der Waals surface area (Å²) in [5, 5.41) is 10.5. The zero-order valence-corrected chi connectivity index (χ0v) is 17.1. The Balaban J connectivity index is 1.72. The van der Waals surface area contributed by atoms with Crippen LogP contribution in [0.4, 0.5) is 0 Å². The van der Waals surface area contributed by atoms with Crippen LogP contribution in [0.5, 0.6) is 0 Å². The zero-order valence-electron chi connectivity index (χ0n) is 17.1. The van der Waals surface area contributed by atoms with Crippen LogP contribution in [0.3, 0.4) is 0 Å². The first-order valence-corrected chi connectivity index (χ1v) is 10.3. The van der Waals surface area contributed by atoms with Crippen molar-refractivity contribution < 1.29 is 9.59 Å². The SMILES string of the molecule is CC(C)C[C@H](NC(=O)c1cc2ccccc2n1C)C(=O)NC1CCCNCC1. The van der Waals surface area contributed by atoms with Gasteiger partial charge in [-0.1, -0.05) is 32.0 Å². The van der Waals surface area contributed by atoms with Gasteiger partial charge in [-0.25, -0.2) is 0 Å². The third-order valence-corrected chi connectivity index (χ3v) is 5.44. The lowest BCUT2D eigenvalue weighted by Gasteiger charge is -2.24. The van der Waals surface area contributed by atoms with E-state index in [-0.39, 0.29) is 17.9 Å². The van der Waals surface area contributed by atoms with Crippen molar-refractivity contribution in [2.45, 2.75) is 51.6 Å². The quantitative estimate of drug-likeness (QED) is 0.717. The smallest absolute Gasteiger partial charge is 0.268 e. The van der Waals surface area contributed by atoms with E-state index in [2.05, 4.69) is 29.8 Å². The molecule has 0 saturated carbocycles. The Kier molecular flexibility index (Phi) is 6.73. The number of amides is 2. The van der Waals surface area contributed by atoms with Gasteiger partial charge in [-0.3, -0.25) is 9.59 Å². The van der Waals surface area contributed by atoms with Crippen LogP contribution in [0.15, 0.2) is 30.3 Å². The van der Waals surface area contributed by atoms with Crippen molar-refractivity contribution in [3.8, 4) is 0 Å². The maximum Gasteiger partial charge on any atom is 0.268 e. The molecule has 1 unspecified atom stereocenters. The molecule has 152 valence electrons. The predicted octanol–water partition coefficient (Wildman–Crippen LogP) is 2.58. The van der Waals surface area contributed by atoms with Crippen molar-refractivity contribution in [1.29, 1.82) is 0 Å². The molecular weight excluding hydrogens is 352 g/mol. The number of fused-ring (bicyclic) bond motifs is 1. The van der Waals surface area contributed by atoms with E-state index in [1.807, 2.05) is 41.9 Å². The summed E-state index contributed by atoms with van der Waals surface area (Å²) in [5.41, 5.74) is 1.57. The number of nitrogens with zero attached hydrogens (tertiary/aromatic N) is 1. The Morgan fingerprint density at radius 1 is 1.21 bits per heavy atom. The second kappa shape index (κ2) is 9.24. The minimum atomic E-state index is -0.526. The molecule has 1 saturated heterocycles. The number of hydrogen-bond acceptors (Lipinski definition) is 3. The van der Waals surface area contributed by atoms with Gasteiger partial charge in [-0.2, -0.15) is 0 Å². The summed E-state index contributed by atoms with van der Waals surface area (Å²) in [5.74, 6) is 0.0223. The van der Waals surface area contributed by atoms with Crippen LogP contribution in [0.25, 0.3) is 10.9 Å². The topological polar surface area (TPSA) is 75.2 Å². The molecule has 6 nitrogen and oxygen atoms in total. The van der Waals surface area contributed by atoms with Gasteiger partial charge >= 0.3 is 0 Å². The first kappa shape index (κ1) is 20.4. The fourth-order valence-corrected chi connectivity index (χ4v) is 3.91. The number of benzene rings is 1. The number of aromatic nitrogens is 1. The average molecular weight is 385 g/mol. The van der Waals surface area contributed by atoms with E-state index < -0.39 is 6.04 Å². The molecule has 2 heterocycles. The highest BCUT2D eigenvalue weighted by atomic mass is 16.2. The maximum atomic E-state index is 13.0. The Hall–Kier alpha value is -2.34. The van der Waals surface area contributed by atoms with Crippen LogP contribution >= 0.6 is 0 Å². The number of para-hydroxylation sites is 1. The van der Waals surface area contributed by atoms with E-state index in [0.29, 0.717) is 18.0 Å². The minimum absolute atomic E-state index is 0.0762. The van der Waals surface area contributed by atoms with Crippen molar-refractivity contribution in [3.05, 3.63) is 36.0 Å². The van der Waals surface area contributed by atoms with Gasteiger partial charge in [0.15, 0.2) is 0 Å². The molecule has 28 heavy (non-hydrogen) atoms. The molecule has 2 amide bonds. The van der Waals surface area contributed by atoms with Crippen LogP contribution in [0.1, 0.15) is 50.0 Å². The fraction of sp³-hybridized carbons (Fsp3) is 0.545. The Morgan fingerprint density at radius 3 is 2.75 bits per heavy atom. The van der Waals surface area contributed by atoms with Gasteiger partial charge in [-0.15, -0.1) is 0 Å². The first-order valence-electron chi connectivity index (χ1n) is 10.3. The van der Waals surface area contributed by atoms with Crippen molar-refractivity contribution in [2.24, 2.45) is 13.0 Å². The third kappa shape index (κ3) is 4.93. The van der Waals surface area contributed by atoms with E-state index in [1.165, 1.54) is 0 Å². The van der Waals surface area contributed by atoms with Gasteiger partial charge < -0.3 is 20.5 Å². The Morgan fingerprint density at radius 2 is 2.00 bits per heavy atom. The molecule has 0 spiro atoms. The predicted molar refractivity (Wildman–Crippen MR) is 112 cm³/mol. The number of aryl methyl sites for hydroxylation is 1. The number of nitrogens with one attached hydrogen (secondary N) is 3. The molecule has 3 N–H and O–H groups in total. The van der Waals surface area contributed by atoms with Crippen molar-refractivity contribution in [2.75, 3.05) is 13.1 Å². The first-order chi connectivity index (χ1) is 13.5. The summed E-state index contributed by atoms with van der Waals surface area (Å²) >= 11 is 0. The van der Waals surface area contributed by atoms with E-state index in [9.17, 15) is 9.59 Å². The molecule has 6 heteroatoms. The summed E-state index contributed by atoms with van der Waals surface area (Å²) in [4.78, 5) is 25.9. The van der Waals surface area contributed by atoms with Crippen LogP contribution in [-0.2, 0) is 11.8 Å². The minimum Gasteiger partial charge on any atom is -0.352 e. The number of hydrogen-bond donors (Lipinski definition) is 3. The lowest BCUT2D eigenvalue weighted by Crippen LogP contribution is -2.50. The van der Waals surface area contributed by atoms with Gasteiger partial charge in [0, 0.05) is 24.0 Å². The van der Waals surface area contributed by atoms with Crippen molar-refractivity contribution in [1.82, 2.24) is 20.5 Å². The number of carbonyl (C=O) groups excluding carboxylic acids is 2. The summed E-state index contributed by atoms with van der Waals surface area (Å²) in [7, 11) is 1.88. The third-order valence-electron chi connectivity index (χ3n) is 5.44. The van der Waals surface area contributed by atoms with Crippen LogP contribution in [0.2, 0.25) is 0 Å². The van der Waals surface area contributed by atoms with Gasteiger partial charge in [0.25, 0.3) is 5.91 Å². The van der Waals surface area contributed by atoms with E-state index in [4.69, 9.17) is 0 Å². The van der Waals surface area contributed by atoms with E-state index in [0.717, 1.165) is 43.3 Å². The molecule has 1 aromatic carbocycles. The van der Waals surface area contributed by atoms with Crippen LogP contribution in [0, 0.1) is 5.92 Å². The number of rotatable bonds is 6. The summed E-state index contributed by atoms with van der Waals surface area (Å²) in [6.07, 6.45) is 3.58. The second-order valence-electron chi connectivity index (χ2n) is 8.19. The largest absolute Gasteiger partial charge is 0.352 e. The maximum absolute atomic E-state index is 13.0. The Bertz CT molecular complexity index is 819. The molecule has 0 radical (unpaired) electrons. The lowest BCUT2D eigenvalue weighted by molar-refractivity contribution is -0.124. The van der Waals surface area contributed by atoms with Gasteiger partial charge in [0.1, 0.15) is 11.7 Å². The van der Waals surface area contributed by atoms with Gasteiger partial charge in [-0.05, 0) is 56.8 Å². The normalized spacial score (nSPS) is 18.6. The standard InChI is InChI=1S/C22H32N4O2/c1-15(2)13-18(21(27)24-17-8-6-11-23-12-10-17)25-22(28)20-14-16-7-4-5-9-19(16)26(20)3/h4-5,7,9,14-15,17-18,23H,6,8,10-13H2,1-3H3,(H,24,27)(H,25,28)/t17?,18-/m0/s1. The molecule has 1 fully saturated rings.